The van der Waals surface area contributed by atoms with E-state index in [4.69, 9.17) is 0 Å². The summed E-state index contributed by atoms with van der Waals surface area (Å²) in [5.41, 5.74) is -0.637. The number of benzene rings is 1. The summed E-state index contributed by atoms with van der Waals surface area (Å²) < 4.78 is 39.4. The molecule has 0 bridgehead atoms. The number of alkyl halides is 3. The highest BCUT2D eigenvalue weighted by molar-refractivity contribution is 5.86. The minimum Gasteiger partial charge on any atom is -0.369 e. The zero-order chi connectivity index (χ0) is 15.2. The molecule has 1 N–H and O–H groups in total. The monoisotopic (exact) mass is 296 g/mol. The number of rotatable bonds is 1. The molecule has 2 aromatic rings. The number of halogens is 3. The maximum absolute atomic E-state index is 13.1. The van der Waals surface area contributed by atoms with Crippen molar-refractivity contribution in [3.8, 4) is 0 Å². The van der Waals surface area contributed by atoms with Gasteiger partial charge in [0.25, 0.3) is 0 Å². The van der Waals surface area contributed by atoms with Crippen LogP contribution in [0.2, 0.25) is 0 Å². The van der Waals surface area contributed by atoms with Crippen LogP contribution in [-0.4, -0.2) is 17.6 Å². The minimum absolute atomic E-state index is 0.0405. The van der Waals surface area contributed by atoms with E-state index >= 15 is 0 Å². The second-order valence-electron chi connectivity index (χ2n) is 5.46. The summed E-state index contributed by atoms with van der Waals surface area (Å²) in [7, 11) is 0. The van der Waals surface area contributed by atoms with E-state index < -0.39 is 17.3 Å². The van der Waals surface area contributed by atoms with Crippen LogP contribution in [0.15, 0.2) is 29.1 Å². The van der Waals surface area contributed by atoms with E-state index in [9.17, 15) is 18.0 Å². The van der Waals surface area contributed by atoms with Gasteiger partial charge in [-0.15, -0.1) is 0 Å². The van der Waals surface area contributed by atoms with Crippen LogP contribution in [0.4, 0.5) is 18.9 Å². The molecule has 0 radical (unpaired) electrons. The van der Waals surface area contributed by atoms with Crippen LogP contribution in [0.25, 0.3) is 10.9 Å². The van der Waals surface area contributed by atoms with Gasteiger partial charge in [0.1, 0.15) is 0 Å². The molecule has 1 unspecified atom stereocenters. The highest BCUT2D eigenvalue weighted by Gasteiger charge is 2.33. The van der Waals surface area contributed by atoms with Crippen molar-refractivity contribution < 1.29 is 13.2 Å². The van der Waals surface area contributed by atoms with Crippen LogP contribution in [0.3, 0.4) is 0 Å². The Hall–Kier alpha value is -1.98. The van der Waals surface area contributed by atoms with Crippen molar-refractivity contribution in [2.75, 3.05) is 11.4 Å². The molecule has 1 aliphatic rings. The van der Waals surface area contributed by atoms with Gasteiger partial charge in [0.05, 0.1) is 5.56 Å². The molecule has 0 aliphatic carbocycles. The van der Waals surface area contributed by atoms with Gasteiger partial charge in [-0.1, -0.05) is 0 Å². The Labute approximate surface area is 119 Å². The van der Waals surface area contributed by atoms with E-state index in [-0.39, 0.29) is 10.9 Å². The maximum Gasteiger partial charge on any atom is 0.417 e. The Balaban J connectivity index is 2.20. The van der Waals surface area contributed by atoms with Gasteiger partial charge in [-0.2, -0.15) is 13.2 Å². The smallest absolute Gasteiger partial charge is 0.369 e. The molecule has 2 heterocycles. The third-order valence-electron chi connectivity index (χ3n) is 4.02. The number of hydrogen-bond donors (Lipinski definition) is 1. The van der Waals surface area contributed by atoms with Gasteiger partial charge in [0.2, 0.25) is 5.56 Å². The third-order valence-corrected chi connectivity index (χ3v) is 4.02. The fourth-order valence-electron chi connectivity index (χ4n) is 2.97. The van der Waals surface area contributed by atoms with Gasteiger partial charge in [0.15, 0.2) is 0 Å². The van der Waals surface area contributed by atoms with Gasteiger partial charge < -0.3 is 9.88 Å². The molecule has 112 valence electrons. The van der Waals surface area contributed by atoms with E-state index in [0.29, 0.717) is 12.1 Å². The van der Waals surface area contributed by atoms with Crippen LogP contribution in [-0.2, 0) is 6.18 Å². The second-order valence-corrected chi connectivity index (χ2v) is 5.46. The van der Waals surface area contributed by atoms with Crippen molar-refractivity contribution in [2.24, 2.45) is 0 Å². The molecule has 3 rings (SSSR count). The summed E-state index contributed by atoms with van der Waals surface area (Å²) in [6.45, 7) is 2.91. The average molecular weight is 296 g/mol. The predicted molar refractivity (Wildman–Crippen MR) is 75.6 cm³/mol. The summed E-state index contributed by atoms with van der Waals surface area (Å²) in [5.74, 6) is 0. The van der Waals surface area contributed by atoms with Gasteiger partial charge >= 0.3 is 6.18 Å². The van der Waals surface area contributed by atoms with E-state index in [1.807, 2.05) is 0 Å². The van der Waals surface area contributed by atoms with Crippen LogP contribution in [0.5, 0.6) is 0 Å². The van der Waals surface area contributed by atoms with Crippen LogP contribution < -0.4 is 10.5 Å². The lowest BCUT2D eigenvalue weighted by molar-refractivity contribution is -0.136. The first-order chi connectivity index (χ1) is 9.86. The first-order valence-corrected chi connectivity index (χ1v) is 6.87. The predicted octanol–water partition coefficient (Wildman–Crippen LogP) is 3.54. The fraction of sp³-hybridized carbons (Fsp3) is 0.400. The third kappa shape index (κ3) is 2.50. The molecule has 1 aromatic carbocycles. The quantitative estimate of drug-likeness (QED) is 0.874. The molecular formula is C15H15F3N2O. The number of hydrogen-bond acceptors (Lipinski definition) is 2. The van der Waals surface area contributed by atoms with E-state index in [0.717, 1.165) is 25.1 Å². The maximum atomic E-state index is 13.1. The summed E-state index contributed by atoms with van der Waals surface area (Å²) in [5, 5.41) is 0.0405. The van der Waals surface area contributed by atoms with E-state index in [1.54, 1.807) is 12.1 Å². The number of H-pyrrole nitrogens is 1. The van der Waals surface area contributed by atoms with Crippen LogP contribution in [0, 0.1) is 0 Å². The molecule has 0 saturated carbocycles. The van der Waals surface area contributed by atoms with Gasteiger partial charge in [-0.3, -0.25) is 4.79 Å². The number of fused-ring (bicyclic) bond motifs is 1. The van der Waals surface area contributed by atoms with Crippen molar-refractivity contribution in [1.29, 1.82) is 0 Å². The number of anilines is 1. The SMILES string of the molecule is CC1CCCN1c1ccc2[nH]c(=O)cc(C(F)(F)F)c2c1. The number of aromatic nitrogens is 1. The molecule has 21 heavy (non-hydrogen) atoms. The largest absolute Gasteiger partial charge is 0.417 e. The minimum atomic E-state index is -4.54. The van der Waals surface area contributed by atoms with Gasteiger partial charge in [-0.25, -0.2) is 0 Å². The van der Waals surface area contributed by atoms with Crippen molar-refractivity contribution in [1.82, 2.24) is 4.98 Å². The Bertz CT molecular complexity index is 736. The van der Waals surface area contributed by atoms with Gasteiger partial charge in [0, 0.05) is 35.2 Å². The van der Waals surface area contributed by atoms with Crippen molar-refractivity contribution >= 4 is 16.6 Å². The molecular weight excluding hydrogens is 281 g/mol. The highest BCUT2D eigenvalue weighted by atomic mass is 19.4. The Morgan fingerprint density at radius 1 is 1.29 bits per heavy atom. The standard InChI is InChI=1S/C15H15F3N2O/c1-9-3-2-6-20(9)10-4-5-13-11(7-10)12(15(16,17)18)8-14(21)19-13/h4-5,7-9H,2-3,6H2,1H3,(H,19,21). The number of nitrogens with zero attached hydrogens (tertiary/aromatic N) is 1. The van der Waals surface area contributed by atoms with Crippen LogP contribution in [0.1, 0.15) is 25.3 Å². The molecule has 1 aliphatic heterocycles. The average Bonchev–Trinajstić information content (AvgIpc) is 2.82. The topological polar surface area (TPSA) is 36.1 Å². The normalized spacial score (nSPS) is 19.4. The molecule has 1 fully saturated rings. The summed E-state index contributed by atoms with van der Waals surface area (Å²) in [6, 6.07) is 5.78. The zero-order valence-corrected chi connectivity index (χ0v) is 11.5. The first kappa shape index (κ1) is 14.0. The lowest BCUT2D eigenvalue weighted by atomic mass is 10.1. The second kappa shape index (κ2) is 4.79. The molecule has 1 atom stereocenters. The van der Waals surface area contributed by atoms with Crippen LogP contribution >= 0.6 is 0 Å². The first-order valence-electron chi connectivity index (χ1n) is 6.87. The Morgan fingerprint density at radius 3 is 2.67 bits per heavy atom. The summed E-state index contributed by atoms with van der Waals surface area (Å²) in [4.78, 5) is 15.9. The molecule has 3 nitrogen and oxygen atoms in total. The molecule has 1 saturated heterocycles. The molecule has 6 heteroatoms. The molecule has 0 amide bonds. The van der Waals surface area contributed by atoms with E-state index in [2.05, 4.69) is 16.8 Å². The van der Waals surface area contributed by atoms with Crippen molar-refractivity contribution in [2.45, 2.75) is 32.0 Å². The summed E-state index contributed by atoms with van der Waals surface area (Å²) in [6.07, 6.45) is -2.46. The highest BCUT2D eigenvalue weighted by Crippen LogP contribution is 2.35. The van der Waals surface area contributed by atoms with Gasteiger partial charge in [-0.05, 0) is 38.0 Å². The Morgan fingerprint density at radius 2 is 2.05 bits per heavy atom. The lowest BCUT2D eigenvalue weighted by Crippen LogP contribution is -2.26. The number of aromatic amines is 1. The molecule has 1 aromatic heterocycles. The number of pyridine rings is 1. The fourth-order valence-corrected chi connectivity index (χ4v) is 2.97. The van der Waals surface area contributed by atoms with Crippen molar-refractivity contribution in [3.63, 3.8) is 0 Å². The lowest BCUT2D eigenvalue weighted by Gasteiger charge is -2.24. The Kier molecular flexibility index (Phi) is 3.19. The number of nitrogens with one attached hydrogen (secondary N) is 1. The zero-order valence-electron chi connectivity index (χ0n) is 11.5. The van der Waals surface area contributed by atoms with Crippen molar-refractivity contribution in [3.05, 3.63) is 40.2 Å². The van der Waals surface area contributed by atoms with E-state index in [1.165, 1.54) is 6.07 Å². The summed E-state index contributed by atoms with van der Waals surface area (Å²) >= 11 is 0. The molecule has 0 spiro atoms.